The van der Waals surface area contributed by atoms with E-state index < -0.39 is 0 Å². The molecule has 0 aliphatic carbocycles. The molecule has 0 radical (unpaired) electrons. The average molecular weight is 280 g/mol. The minimum absolute atomic E-state index is 0.271. The van der Waals surface area contributed by atoms with Gasteiger partial charge in [-0.1, -0.05) is 22.9 Å². The van der Waals surface area contributed by atoms with E-state index in [2.05, 4.69) is 33.9 Å². The van der Waals surface area contributed by atoms with Crippen LogP contribution in [-0.2, 0) is 0 Å². The van der Waals surface area contributed by atoms with Gasteiger partial charge in [0.15, 0.2) is 0 Å². The molecule has 0 saturated carbocycles. The zero-order valence-corrected chi connectivity index (χ0v) is 10.9. The van der Waals surface area contributed by atoms with Gasteiger partial charge in [0.25, 0.3) is 0 Å². The highest BCUT2D eigenvalue weighted by molar-refractivity contribution is 9.09. The number of rotatable bonds is 3. The lowest BCUT2D eigenvalue weighted by Crippen LogP contribution is -2.01. The zero-order valence-electron chi connectivity index (χ0n) is 9.35. The molecule has 0 fully saturated rings. The second-order valence-electron chi connectivity index (χ2n) is 3.96. The van der Waals surface area contributed by atoms with E-state index in [1.807, 2.05) is 37.7 Å². The van der Waals surface area contributed by atoms with Gasteiger partial charge < -0.3 is 4.42 Å². The Morgan fingerprint density at radius 2 is 1.94 bits per heavy atom. The van der Waals surface area contributed by atoms with E-state index in [4.69, 9.17) is 4.42 Å². The molecule has 2 aromatic heterocycles. The van der Waals surface area contributed by atoms with Crippen molar-refractivity contribution >= 4 is 15.9 Å². The van der Waals surface area contributed by atoms with Crippen LogP contribution in [0.5, 0.6) is 0 Å². The molecule has 2 atom stereocenters. The number of halogens is 1. The number of aromatic nitrogens is 1. The van der Waals surface area contributed by atoms with Gasteiger partial charge in [-0.25, -0.2) is 0 Å². The van der Waals surface area contributed by atoms with Gasteiger partial charge in [-0.15, -0.1) is 0 Å². The van der Waals surface area contributed by atoms with Crippen molar-refractivity contribution in [3.05, 3.63) is 53.7 Å². The van der Waals surface area contributed by atoms with Crippen molar-refractivity contribution < 1.29 is 4.42 Å². The van der Waals surface area contributed by atoms with Crippen LogP contribution < -0.4 is 0 Å². The first-order chi connectivity index (χ1) is 7.68. The van der Waals surface area contributed by atoms with Crippen LogP contribution in [0.1, 0.15) is 34.6 Å². The summed E-state index contributed by atoms with van der Waals surface area (Å²) in [6.45, 7) is 4.15. The number of alkyl halides is 1. The average Bonchev–Trinajstić information content (AvgIpc) is 2.75. The van der Waals surface area contributed by atoms with Crippen molar-refractivity contribution in [1.82, 2.24) is 4.98 Å². The minimum Gasteiger partial charge on any atom is -0.469 e. The fourth-order valence-electron chi connectivity index (χ4n) is 1.73. The molecule has 2 rings (SSSR count). The molecule has 84 valence electrons. The molecule has 2 aromatic rings. The first kappa shape index (κ1) is 11.4. The van der Waals surface area contributed by atoms with E-state index in [-0.39, 0.29) is 4.83 Å². The largest absolute Gasteiger partial charge is 0.469 e. The number of nitrogens with zero attached hydrogens (tertiary/aromatic N) is 1. The second-order valence-corrected chi connectivity index (χ2v) is 4.95. The Morgan fingerprint density at radius 3 is 2.50 bits per heavy atom. The van der Waals surface area contributed by atoms with Crippen molar-refractivity contribution in [3.8, 4) is 0 Å². The van der Waals surface area contributed by atoms with Crippen LogP contribution >= 0.6 is 15.9 Å². The molecule has 3 heteroatoms. The van der Waals surface area contributed by atoms with Crippen LogP contribution in [0.25, 0.3) is 0 Å². The number of hydrogen-bond acceptors (Lipinski definition) is 2. The van der Waals surface area contributed by atoms with Crippen molar-refractivity contribution in [1.29, 1.82) is 0 Å². The number of furan rings is 1. The van der Waals surface area contributed by atoms with Gasteiger partial charge in [-0.3, -0.25) is 4.98 Å². The highest BCUT2D eigenvalue weighted by Crippen LogP contribution is 2.37. The van der Waals surface area contributed by atoms with E-state index in [9.17, 15) is 0 Å². The summed E-state index contributed by atoms with van der Waals surface area (Å²) in [5.74, 6) is 1.33. The van der Waals surface area contributed by atoms with Gasteiger partial charge in [0.2, 0.25) is 0 Å². The highest BCUT2D eigenvalue weighted by atomic mass is 79.9. The number of pyridine rings is 1. The maximum Gasteiger partial charge on any atom is 0.101 e. The second kappa shape index (κ2) is 4.83. The number of hydrogen-bond donors (Lipinski definition) is 0. The van der Waals surface area contributed by atoms with Crippen molar-refractivity contribution in [2.24, 2.45) is 0 Å². The molecule has 0 aromatic carbocycles. The van der Waals surface area contributed by atoms with Crippen LogP contribution in [0, 0.1) is 6.92 Å². The summed E-state index contributed by atoms with van der Waals surface area (Å²) in [5.41, 5.74) is 2.46. The maximum atomic E-state index is 5.33. The summed E-state index contributed by atoms with van der Waals surface area (Å²) in [7, 11) is 0. The third-order valence-corrected chi connectivity index (χ3v) is 4.06. The Bertz CT molecular complexity index is 452. The topological polar surface area (TPSA) is 26.0 Å². The van der Waals surface area contributed by atoms with Gasteiger partial charge >= 0.3 is 0 Å². The molecule has 0 amide bonds. The van der Waals surface area contributed by atoms with Crippen molar-refractivity contribution in [2.45, 2.75) is 24.6 Å². The summed E-state index contributed by atoms with van der Waals surface area (Å²) in [6.07, 6.45) is 5.46. The summed E-state index contributed by atoms with van der Waals surface area (Å²) in [5, 5.41) is 0. The molecule has 16 heavy (non-hydrogen) atoms. The molecule has 0 N–H and O–H groups in total. The van der Waals surface area contributed by atoms with Gasteiger partial charge in [-0.05, 0) is 36.6 Å². The Labute approximate surface area is 104 Å². The first-order valence-electron chi connectivity index (χ1n) is 5.27. The Kier molecular flexibility index (Phi) is 3.44. The molecule has 0 saturated heterocycles. The fourth-order valence-corrected chi connectivity index (χ4v) is 2.28. The molecule has 2 unspecified atom stereocenters. The van der Waals surface area contributed by atoms with E-state index in [0.29, 0.717) is 5.92 Å². The molecule has 0 aliphatic rings. The zero-order chi connectivity index (χ0) is 11.5. The summed E-state index contributed by atoms with van der Waals surface area (Å²) in [6, 6.07) is 6.16. The van der Waals surface area contributed by atoms with E-state index in [1.54, 1.807) is 0 Å². The van der Waals surface area contributed by atoms with Gasteiger partial charge in [-0.2, -0.15) is 0 Å². The lowest BCUT2D eigenvalue weighted by Gasteiger charge is -2.17. The molecule has 0 spiro atoms. The third kappa shape index (κ3) is 2.35. The maximum absolute atomic E-state index is 5.33. The lowest BCUT2D eigenvalue weighted by molar-refractivity contribution is 0.530. The van der Waals surface area contributed by atoms with E-state index in [1.165, 1.54) is 11.1 Å². The van der Waals surface area contributed by atoms with Gasteiger partial charge in [0.1, 0.15) is 5.76 Å². The van der Waals surface area contributed by atoms with Crippen LogP contribution in [0.2, 0.25) is 0 Å². The molecule has 0 aliphatic heterocycles. The van der Waals surface area contributed by atoms with Crippen LogP contribution in [0.3, 0.4) is 0 Å². The summed E-state index contributed by atoms with van der Waals surface area (Å²) < 4.78 is 5.33. The molecule has 0 bridgehead atoms. The molecule has 2 nitrogen and oxygen atoms in total. The standard InChI is InChI=1S/C13H14BrNO/c1-9-7-12(8-16-9)13(14)10(2)11-3-5-15-6-4-11/h3-8,10,13H,1-2H3. The van der Waals surface area contributed by atoms with Crippen LogP contribution in [0.15, 0.2) is 41.3 Å². The Hall–Kier alpha value is -1.09. The summed E-state index contributed by atoms with van der Waals surface area (Å²) >= 11 is 3.72. The van der Waals surface area contributed by atoms with Crippen LogP contribution in [-0.4, -0.2) is 4.98 Å². The quantitative estimate of drug-likeness (QED) is 0.787. The monoisotopic (exact) mass is 279 g/mol. The van der Waals surface area contributed by atoms with Gasteiger partial charge in [0.05, 0.1) is 6.26 Å². The van der Waals surface area contributed by atoms with E-state index in [0.717, 1.165) is 5.76 Å². The number of aryl methyl sites for hydroxylation is 1. The predicted octanol–water partition coefficient (Wildman–Crippen LogP) is 4.22. The van der Waals surface area contributed by atoms with Gasteiger partial charge in [0, 0.05) is 22.8 Å². The normalized spacial score (nSPS) is 14.7. The Balaban J connectivity index is 2.19. The van der Waals surface area contributed by atoms with Crippen LogP contribution in [0.4, 0.5) is 0 Å². The summed E-state index contributed by atoms with van der Waals surface area (Å²) in [4.78, 5) is 4.30. The third-order valence-electron chi connectivity index (χ3n) is 2.74. The Morgan fingerprint density at radius 1 is 1.25 bits per heavy atom. The highest BCUT2D eigenvalue weighted by Gasteiger charge is 2.19. The lowest BCUT2D eigenvalue weighted by atomic mass is 9.96. The smallest absolute Gasteiger partial charge is 0.101 e. The first-order valence-corrected chi connectivity index (χ1v) is 6.19. The fraction of sp³-hybridized carbons (Fsp3) is 0.308. The molecular weight excluding hydrogens is 266 g/mol. The van der Waals surface area contributed by atoms with Crippen molar-refractivity contribution in [2.75, 3.05) is 0 Å². The predicted molar refractivity (Wildman–Crippen MR) is 67.8 cm³/mol. The molecular formula is C13H14BrNO. The van der Waals surface area contributed by atoms with E-state index >= 15 is 0 Å². The minimum atomic E-state index is 0.271. The molecule has 2 heterocycles. The van der Waals surface area contributed by atoms with Crippen molar-refractivity contribution in [3.63, 3.8) is 0 Å². The SMILES string of the molecule is Cc1cc(C(Br)C(C)c2ccncc2)co1.